The number of hydrogen-bond acceptors (Lipinski definition) is 4. The molecule has 130 valence electrons. The van der Waals surface area contributed by atoms with Crippen LogP contribution in [0.25, 0.3) is 0 Å². The van der Waals surface area contributed by atoms with Crippen LogP contribution in [0.4, 0.5) is 5.69 Å². The molecule has 6 nitrogen and oxygen atoms in total. The number of nitrogens with one attached hydrogen (secondary N) is 1. The lowest BCUT2D eigenvalue weighted by Crippen LogP contribution is -2.42. The van der Waals surface area contributed by atoms with Crippen LogP contribution in [0.1, 0.15) is 32.1 Å². The second-order valence-electron chi connectivity index (χ2n) is 6.59. The largest absolute Gasteiger partial charge is 0.495 e. The van der Waals surface area contributed by atoms with Crippen LogP contribution in [0.15, 0.2) is 24.3 Å². The van der Waals surface area contributed by atoms with Crippen LogP contribution < -0.4 is 15.0 Å². The van der Waals surface area contributed by atoms with Crippen molar-refractivity contribution >= 4 is 17.5 Å². The lowest BCUT2D eigenvalue weighted by Gasteiger charge is -2.27. The number of carbonyl (C=O) groups is 2. The summed E-state index contributed by atoms with van der Waals surface area (Å²) in [6.45, 7) is 0.375. The SMILES string of the molecule is COc1ccccc1N1CC(C(=O)NC2CCC(O)CC2)CC1=O. The summed E-state index contributed by atoms with van der Waals surface area (Å²) in [5.41, 5.74) is 0.709. The van der Waals surface area contributed by atoms with Gasteiger partial charge in [0.25, 0.3) is 0 Å². The van der Waals surface area contributed by atoms with Gasteiger partial charge in [-0.3, -0.25) is 9.59 Å². The number of aliphatic hydroxyl groups is 1. The Morgan fingerprint density at radius 1 is 1.25 bits per heavy atom. The number of ether oxygens (including phenoxy) is 1. The molecule has 1 aliphatic heterocycles. The van der Waals surface area contributed by atoms with E-state index < -0.39 is 0 Å². The predicted octanol–water partition coefficient (Wildman–Crippen LogP) is 1.47. The van der Waals surface area contributed by atoms with E-state index in [1.54, 1.807) is 12.0 Å². The Morgan fingerprint density at radius 2 is 1.96 bits per heavy atom. The van der Waals surface area contributed by atoms with Crippen molar-refractivity contribution in [1.29, 1.82) is 0 Å². The quantitative estimate of drug-likeness (QED) is 0.875. The van der Waals surface area contributed by atoms with Gasteiger partial charge in [0, 0.05) is 19.0 Å². The molecule has 0 bridgehead atoms. The van der Waals surface area contributed by atoms with E-state index in [9.17, 15) is 14.7 Å². The molecule has 2 N–H and O–H groups in total. The normalized spacial score (nSPS) is 27.2. The Hall–Kier alpha value is -2.08. The summed E-state index contributed by atoms with van der Waals surface area (Å²) in [4.78, 5) is 26.5. The Kier molecular flexibility index (Phi) is 5.04. The molecule has 0 aromatic heterocycles. The van der Waals surface area contributed by atoms with Gasteiger partial charge in [0.2, 0.25) is 11.8 Å². The monoisotopic (exact) mass is 332 g/mol. The van der Waals surface area contributed by atoms with E-state index in [0.717, 1.165) is 25.7 Å². The third-order valence-electron chi connectivity index (χ3n) is 4.91. The fourth-order valence-electron chi connectivity index (χ4n) is 3.51. The van der Waals surface area contributed by atoms with Crippen LogP contribution in [0.3, 0.4) is 0 Å². The van der Waals surface area contributed by atoms with Gasteiger partial charge in [0.1, 0.15) is 5.75 Å². The van der Waals surface area contributed by atoms with Crippen LogP contribution in [0.2, 0.25) is 0 Å². The Balaban J connectivity index is 1.63. The van der Waals surface area contributed by atoms with Crippen molar-refractivity contribution in [2.24, 2.45) is 5.92 Å². The fraction of sp³-hybridized carbons (Fsp3) is 0.556. The number of para-hydroxylation sites is 2. The highest BCUT2D eigenvalue weighted by molar-refractivity contribution is 6.01. The van der Waals surface area contributed by atoms with Crippen molar-refractivity contribution in [1.82, 2.24) is 5.32 Å². The van der Waals surface area contributed by atoms with E-state index in [0.29, 0.717) is 18.0 Å². The van der Waals surface area contributed by atoms with Crippen LogP contribution >= 0.6 is 0 Å². The number of benzene rings is 1. The summed E-state index contributed by atoms with van der Waals surface area (Å²) in [7, 11) is 1.57. The average Bonchev–Trinajstić information content (AvgIpc) is 2.98. The smallest absolute Gasteiger partial charge is 0.227 e. The maximum absolute atomic E-state index is 12.5. The topological polar surface area (TPSA) is 78.9 Å². The van der Waals surface area contributed by atoms with Gasteiger partial charge in [-0.2, -0.15) is 0 Å². The van der Waals surface area contributed by atoms with Crippen molar-refractivity contribution in [2.45, 2.75) is 44.2 Å². The second-order valence-corrected chi connectivity index (χ2v) is 6.59. The molecular weight excluding hydrogens is 308 g/mol. The molecule has 1 heterocycles. The number of methoxy groups -OCH3 is 1. The summed E-state index contributed by atoms with van der Waals surface area (Å²) in [5, 5.41) is 12.6. The zero-order valence-corrected chi connectivity index (χ0v) is 13.9. The zero-order chi connectivity index (χ0) is 17.1. The highest BCUT2D eigenvalue weighted by Crippen LogP contribution is 2.33. The summed E-state index contributed by atoms with van der Waals surface area (Å²) >= 11 is 0. The predicted molar refractivity (Wildman–Crippen MR) is 89.9 cm³/mol. The number of hydrogen-bond donors (Lipinski definition) is 2. The Labute approximate surface area is 141 Å². The van der Waals surface area contributed by atoms with Gasteiger partial charge in [0.15, 0.2) is 0 Å². The maximum atomic E-state index is 12.5. The number of aliphatic hydroxyl groups excluding tert-OH is 1. The Morgan fingerprint density at radius 3 is 2.67 bits per heavy atom. The van der Waals surface area contributed by atoms with E-state index in [1.165, 1.54) is 0 Å². The molecule has 1 aromatic rings. The summed E-state index contributed by atoms with van der Waals surface area (Å²) in [6, 6.07) is 7.45. The van der Waals surface area contributed by atoms with Crippen molar-refractivity contribution in [3.8, 4) is 5.75 Å². The zero-order valence-electron chi connectivity index (χ0n) is 13.9. The van der Waals surface area contributed by atoms with Crippen molar-refractivity contribution in [2.75, 3.05) is 18.6 Å². The lowest BCUT2D eigenvalue weighted by molar-refractivity contribution is -0.127. The van der Waals surface area contributed by atoms with E-state index in [-0.39, 0.29) is 36.3 Å². The van der Waals surface area contributed by atoms with Crippen molar-refractivity contribution < 1.29 is 19.4 Å². The summed E-state index contributed by atoms with van der Waals surface area (Å²) < 4.78 is 5.32. The molecule has 2 aliphatic rings. The molecule has 0 radical (unpaired) electrons. The number of amides is 2. The van der Waals surface area contributed by atoms with Crippen LogP contribution in [0, 0.1) is 5.92 Å². The molecule has 1 atom stereocenters. The molecular formula is C18H24N2O4. The molecule has 1 aromatic carbocycles. The first-order valence-corrected chi connectivity index (χ1v) is 8.50. The van der Waals surface area contributed by atoms with Gasteiger partial charge in [-0.1, -0.05) is 12.1 Å². The molecule has 0 spiro atoms. The first kappa shape index (κ1) is 16.8. The molecule has 2 fully saturated rings. The molecule has 1 unspecified atom stereocenters. The van der Waals surface area contributed by atoms with Gasteiger partial charge in [-0.15, -0.1) is 0 Å². The molecule has 6 heteroatoms. The van der Waals surface area contributed by atoms with Gasteiger partial charge in [0.05, 0.1) is 24.8 Å². The summed E-state index contributed by atoms with van der Waals surface area (Å²) in [5.74, 6) is 0.170. The van der Waals surface area contributed by atoms with Crippen LogP contribution in [-0.4, -0.2) is 42.7 Å². The third-order valence-corrected chi connectivity index (χ3v) is 4.91. The van der Waals surface area contributed by atoms with Crippen molar-refractivity contribution in [3.63, 3.8) is 0 Å². The van der Waals surface area contributed by atoms with E-state index in [2.05, 4.69) is 5.32 Å². The molecule has 3 rings (SSSR count). The number of nitrogens with zero attached hydrogens (tertiary/aromatic N) is 1. The molecule has 1 saturated heterocycles. The molecule has 1 aliphatic carbocycles. The minimum Gasteiger partial charge on any atom is -0.495 e. The molecule has 24 heavy (non-hydrogen) atoms. The second kappa shape index (κ2) is 7.21. The number of carbonyl (C=O) groups excluding carboxylic acids is 2. The van der Waals surface area contributed by atoms with Crippen LogP contribution in [-0.2, 0) is 9.59 Å². The third kappa shape index (κ3) is 3.53. The highest BCUT2D eigenvalue weighted by Gasteiger charge is 2.37. The minimum absolute atomic E-state index is 0.0567. The Bertz CT molecular complexity index is 611. The van der Waals surface area contributed by atoms with Crippen molar-refractivity contribution in [3.05, 3.63) is 24.3 Å². The van der Waals surface area contributed by atoms with Gasteiger partial charge in [-0.25, -0.2) is 0 Å². The molecule has 1 saturated carbocycles. The van der Waals surface area contributed by atoms with Crippen LogP contribution in [0.5, 0.6) is 5.75 Å². The fourth-order valence-corrected chi connectivity index (χ4v) is 3.51. The lowest BCUT2D eigenvalue weighted by atomic mass is 9.92. The minimum atomic E-state index is -0.339. The van der Waals surface area contributed by atoms with Gasteiger partial charge in [-0.05, 0) is 37.8 Å². The number of anilines is 1. The van der Waals surface area contributed by atoms with E-state index in [1.807, 2.05) is 24.3 Å². The van der Waals surface area contributed by atoms with Gasteiger partial charge >= 0.3 is 0 Å². The standard InChI is InChI=1S/C18H24N2O4/c1-24-16-5-3-2-4-15(16)20-11-12(10-17(20)22)18(23)19-13-6-8-14(21)9-7-13/h2-5,12-14,21H,6-11H2,1H3,(H,19,23). The number of rotatable bonds is 4. The average molecular weight is 332 g/mol. The van der Waals surface area contributed by atoms with Gasteiger partial charge < -0.3 is 20.1 Å². The molecule has 2 amide bonds. The van der Waals surface area contributed by atoms with E-state index >= 15 is 0 Å². The highest BCUT2D eigenvalue weighted by atomic mass is 16.5. The van der Waals surface area contributed by atoms with E-state index in [4.69, 9.17) is 4.74 Å². The first-order chi connectivity index (χ1) is 11.6. The maximum Gasteiger partial charge on any atom is 0.227 e. The first-order valence-electron chi connectivity index (χ1n) is 8.50. The summed E-state index contributed by atoms with van der Waals surface area (Å²) in [6.07, 6.45) is 3.02.